The molecule has 1 aliphatic rings. The Hall–Kier alpha value is -3.65. The summed E-state index contributed by atoms with van der Waals surface area (Å²) in [5.74, 6) is -3.18. The van der Waals surface area contributed by atoms with Crippen LogP contribution in [0.15, 0.2) is 28.7 Å². The third-order valence-electron chi connectivity index (χ3n) is 4.49. The fraction of sp³-hybridized carbons (Fsp3) is 0.278. The molecule has 0 spiro atoms. The van der Waals surface area contributed by atoms with Crippen LogP contribution in [0.4, 0.5) is 5.13 Å². The molecule has 168 valence electrons. The number of rotatable bonds is 7. The summed E-state index contributed by atoms with van der Waals surface area (Å²) in [5, 5.41) is 27.7. The van der Waals surface area contributed by atoms with E-state index >= 15 is 0 Å². The van der Waals surface area contributed by atoms with E-state index in [2.05, 4.69) is 15.5 Å². The van der Waals surface area contributed by atoms with Gasteiger partial charge in [0.25, 0.3) is 11.8 Å². The molecule has 2 aromatic rings. The lowest BCUT2D eigenvalue weighted by atomic mass is 9.72. The van der Waals surface area contributed by atoms with E-state index in [1.807, 2.05) is 0 Å². The lowest BCUT2D eigenvalue weighted by Gasteiger charge is -2.28. The number of para-hydroxylation sites is 1. The fourth-order valence-corrected chi connectivity index (χ4v) is 3.38. The van der Waals surface area contributed by atoms with Crippen LogP contribution in [-0.4, -0.2) is 77.3 Å². The quantitative estimate of drug-likeness (QED) is 0.238. The van der Waals surface area contributed by atoms with Gasteiger partial charge in [-0.2, -0.15) is 0 Å². The molecule has 0 saturated heterocycles. The molecule has 1 aromatic carbocycles. The van der Waals surface area contributed by atoms with Crippen molar-refractivity contribution in [3.63, 3.8) is 0 Å². The molecule has 5 N–H and O–H groups in total. The summed E-state index contributed by atoms with van der Waals surface area (Å²) < 4.78 is 5.37. The summed E-state index contributed by atoms with van der Waals surface area (Å²) in [7, 11) is 1.58. The first kappa shape index (κ1) is 23.0. The minimum atomic E-state index is -1.51. The van der Waals surface area contributed by atoms with E-state index in [4.69, 9.17) is 15.2 Å². The molecule has 1 unspecified atom stereocenters. The average Bonchev–Trinajstić information content (AvgIpc) is 3.16. The third-order valence-corrected chi connectivity index (χ3v) is 5.16. The molecular weight excluding hydrogens is 441 g/mol. The number of anilines is 1. The van der Waals surface area contributed by atoms with Gasteiger partial charge in [0.2, 0.25) is 0 Å². The second-order valence-electron chi connectivity index (χ2n) is 6.96. The van der Waals surface area contributed by atoms with Crippen LogP contribution >= 0.6 is 11.3 Å². The number of oxime groups is 1. The number of carboxylic acid groups (broad SMARTS) is 1. The molecule has 32 heavy (non-hydrogen) atoms. The first-order chi connectivity index (χ1) is 15.2. The number of hydrogen-bond acceptors (Lipinski definition) is 10. The van der Waals surface area contributed by atoms with Crippen molar-refractivity contribution in [2.24, 2.45) is 5.16 Å². The van der Waals surface area contributed by atoms with Gasteiger partial charge >= 0.3 is 13.1 Å². The van der Waals surface area contributed by atoms with Crippen molar-refractivity contribution in [3.8, 4) is 5.75 Å². The van der Waals surface area contributed by atoms with Crippen LogP contribution < -0.4 is 15.7 Å². The van der Waals surface area contributed by atoms with Gasteiger partial charge in [0, 0.05) is 19.5 Å². The molecule has 0 aliphatic carbocycles. The molecule has 3 rings (SSSR count). The van der Waals surface area contributed by atoms with Crippen molar-refractivity contribution >= 4 is 47.1 Å². The van der Waals surface area contributed by atoms with Crippen LogP contribution in [0.1, 0.15) is 21.6 Å². The maximum absolute atomic E-state index is 12.9. The highest BCUT2D eigenvalue weighted by Gasteiger charge is 2.38. The number of aromatic carboxylic acids is 1. The highest BCUT2D eigenvalue weighted by molar-refractivity contribution is 7.13. The summed E-state index contributed by atoms with van der Waals surface area (Å²) in [5.41, 5.74) is 5.93. The van der Waals surface area contributed by atoms with E-state index in [0.29, 0.717) is 5.56 Å². The Morgan fingerprint density at radius 3 is 2.81 bits per heavy atom. The Kier molecular flexibility index (Phi) is 6.95. The third kappa shape index (κ3) is 5.15. The smallest absolute Gasteiger partial charge is 0.534 e. The number of benzene rings is 1. The van der Waals surface area contributed by atoms with E-state index in [1.165, 1.54) is 16.3 Å². The Morgan fingerprint density at radius 2 is 2.19 bits per heavy atom. The molecule has 0 radical (unpaired) electrons. The summed E-state index contributed by atoms with van der Waals surface area (Å²) >= 11 is 1.08. The van der Waals surface area contributed by atoms with E-state index in [0.717, 1.165) is 11.3 Å². The molecule has 1 atom stereocenters. The topological polar surface area (TPSA) is 177 Å². The van der Waals surface area contributed by atoms with Gasteiger partial charge in [0.1, 0.15) is 11.4 Å². The SMILES string of the molecule is CN(C)C(=O)CON=C(C(=O)NC1Cc2cccc(C(=O)O)c2OB1O)c1csc(N)n1. The van der Waals surface area contributed by atoms with Crippen LogP contribution in [0.25, 0.3) is 0 Å². The summed E-state index contributed by atoms with van der Waals surface area (Å²) in [6, 6.07) is 4.54. The van der Waals surface area contributed by atoms with Gasteiger partial charge in [-0.1, -0.05) is 17.3 Å². The van der Waals surface area contributed by atoms with E-state index in [9.17, 15) is 24.5 Å². The van der Waals surface area contributed by atoms with Gasteiger partial charge in [-0.05, 0) is 18.1 Å². The number of carbonyl (C=O) groups excluding carboxylic acids is 2. The molecule has 2 heterocycles. The number of nitrogens with two attached hydrogens (primary N) is 1. The van der Waals surface area contributed by atoms with Gasteiger partial charge in [0.15, 0.2) is 17.5 Å². The van der Waals surface area contributed by atoms with Crippen molar-refractivity contribution in [1.82, 2.24) is 15.2 Å². The summed E-state index contributed by atoms with van der Waals surface area (Å²) in [4.78, 5) is 46.3. The Bertz CT molecular complexity index is 1070. The first-order valence-electron chi connectivity index (χ1n) is 9.29. The zero-order chi connectivity index (χ0) is 23.4. The predicted molar refractivity (Wildman–Crippen MR) is 115 cm³/mol. The van der Waals surface area contributed by atoms with Gasteiger partial charge in [0.05, 0.1) is 11.5 Å². The number of amides is 2. The number of nitrogen functional groups attached to an aromatic ring is 1. The number of hydrogen-bond donors (Lipinski definition) is 4. The Balaban J connectivity index is 1.79. The average molecular weight is 461 g/mol. The van der Waals surface area contributed by atoms with E-state index < -0.39 is 31.5 Å². The fourth-order valence-electron chi connectivity index (χ4n) is 2.83. The Labute approximate surface area is 186 Å². The molecule has 2 amide bonds. The number of likely N-dealkylation sites (N-methyl/N-ethyl adjacent to an activating group) is 1. The second-order valence-corrected chi connectivity index (χ2v) is 7.85. The van der Waals surface area contributed by atoms with E-state index in [1.54, 1.807) is 26.2 Å². The zero-order valence-corrected chi connectivity index (χ0v) is 18.0. The number of carboxylic acids is 1. The maximum Gasteiger partial charge on any atom is 0.547 e. The van der Waals surface area contributed by atoms with Gasteiger partial charge in [-0.15, -0.1) is 11.3 Å². The van der Waals surface area contributed by atoms with Crippen LogP contribution in [0.5, 0.6) is 5.75 Å². The molecule has 12 nitrogen and oxygen atoms in total. The minimum absolute atomic E-state index is 0.0460. The summed E-state index contributed by atoms with van der Waals surface area (Å²) in [6.45, 7) is -0.399. The van der Waals surface area contributed by atoms with Crippen molar-refractivity contribution in [2.75, 3.05) is 26.4 Å². The lowest BCUT2D eigenvalue weighted by Crippen LogP contribution is -2.54. The molecule has 1 aliphatic heterocycles. The van der Waals surface area contributed by atoms with Gasteiger partial charge < -0.3 is 35.6 Å². The normalized spacial score (nSPS) is 15.4. The number of nitrogens with one attached hydrogen (secondary N) is 1. The molecule has 14 heteroatoms. The largest absolute Gasteiger partial charge is 0.547 e. The van der Waals surface area contributed by atoms with Crippen LogP contribution in [0, 0.1) is 0 Å². The highest BCUT2D eigenvalue weighted by atomic mass is 32.1. The monoisotopic (exact) mass is 461 g/mol. The number of carbonyl (C=O) groups is 3. The molecule has 0 saturated carbocycles. The van der Waals surface area contributed by atoms with Crippen LogP contribution in [-0.2, 0) is 20.8 Å². The number of nitrogens with zero attached hydrogens (tertiary/aromatic N) is 3. The first-order valence-corrected chi connectivity index (χ1v) is 10.2. The highest BCUT2D eigenvalue weighted by Crippen LogP contribution is 2.30. The maximum atomic E-state index is 12.9. The standard InChI is InChI=1S/C18H20BN5O7S/c1-24(2)13(25)7-30-23-14(11-8-32-18(20)21-11)16(26)22-12-6-9-4-3-5-10(17(27)28)15(9)31-19(12)29/h3-5,8,12,29H,6-7H2,1-2H3,(H2,20,21)(H,22,26)(H,27,28). The van der Waals surface area contributed by atoms with Crippen molar-refractivity contribution in [3.05, 3.63) is 40.4 Å². The van der Waals surface area contributed by atoms with Crippen LogP contribution in [0.3, 0.4) is 0 Å². The summed E-state index contributed by atoms with van der Waals surface area (Å²) in [6.07, 6.45) is 0.107. The number of fused-ring (bicyclic) bond motifs is 1. The van der Waals surface area contributed by atoms with Crippen molar-refractivity contribution in [1.29, 1.82) is 0 Å². The second kappa shape index (κ2) is 9.66. The van der Waals surface area contributed by atoms with Crippen molar-refractivity contribution < 1.29 is 34.0 Å². The number of thiazole rings is 1. The number of aromatic nitrogens is 1. The lowest BCUT2D eigenvalue weighted by molar-refractivity contribution is -0.133. The molecule has 0 fully saturated rings. The predicted octanol–water partition coefficient (Wildman–Crippen LogP) is -0.628. The van der Waals surface area contributed by atoms with Gasteiger partial charge in [-0.3, -0.25) is 9.59 Å². The minimum Gasteiger partial charge on any atom is -0.534 e. The van der Waals surface area contributed by atoms with E-state index in [-0.39, 0.29) is 40.2 Å². The zero-order valence-electron chi connectivity index (χ0n) is 17.1. The molecular formula is C18H20BN5O7S. The van der Waals surface area contributed by atoms with Crippen molar-refractivity contribution in [2.45, 2.75) is 12.4 Å². The molecule has 0 bridgehead atoms. The van der Waals surface area contributed by atoms with Gasteiger partial charge in [-0.25, -0.2) is 9.78 Å². The molecule has 1 aromatic heterocycles. The Morgan fingerprint density at radius 1 is 1.44 bits per heavy atom. The van der Waals surface area contributed by atoms with Crippen LogP contribution in [0.2, 0.25) is 0 Å².